The van der Waals surface area contributed by atoms with Gasteiger partial charge in [0.15, 0.2) is 0 Å². The van der Waals surface area contributed by atoms with Gasteiger partial charge in [0, 0.05) is 27.2 Å². The summed E-state index contributed by atoms with van der Waals surface area (Å²) in [6.07, 6.45) is 0. The van der Waals surface area contributed by atoms with Gasteiger partial charge in [-0.15, -0.1) is 0 Å². The molecule has 0 spiro atoms. The highest BCUT2D eigenvalue weighted by atomic mass is 16.2. The summed E-state index contributed by atoms with van der Waals surface area (Å²) in [5.74, 6) is 1.24. The lowest BCUT2D eigenvalue weighted by Crippen LogP contribution is -2.28. The molecule has 0 aliphatic carbocycles. The van der Waals surface area contributed by atoms with E-state index in [1.807, 2.05) is 0 Å². The first kappa shape index (κ1) is 12.0. The Morgan fingerprint density at radius 1 is 1.44 bits per heavy atom. The number of carbonyl (C=O) groups excluding carboxylic acids is 1. The molecule has 0 fully saturated rings. The molecule has 88 valence electrons. The number of nitrogens with zero attached hydrogens (tertiary/aromatic N) is 3. The Morgan fingerprint density at radius 3 is 2.62 bits per heavy atom. The Hall–Kier alpha value is -2.05. The van der Waals surface area contributed by atoms with Crippen molar-refractivity contribution in [3.63, 3.8) is 0 Å². The minimum Gasteiger partial charge on any atom is -0.373 e. The van der Waals surface area contributed by atoms with Gasteiger partial charge in [-0.05, 0) is 0 Å². The number of nitrogens with one attached hydrogen (secondary N) is 2. The minimum absolute atomic E-state index is 0.0387. The van der Waals surface area contributed by atoms with Crippen molar-refractivity contribution in [2.24, 2.45) is 0 Å². The van der Waals surface area contributed by atoms with Gasteiger partial charge >= 0.3 is 0 Å². The standard InChI is InChI=1S/C9H16N6O/c1-11-6-4-7(14-9(10)13-6)12-5-8(16)15(2)3/h4H,5H2,1-3H3,(H4,10,11,12,13,14). The fourth-order valence-corrected chi connectivity index (χ4v) is 1.01. The van der Waals surface area contributed by atoms with E-state index in [2.05, 4.69) is 20.6 Å². The van der Waals surface area contributed by atoms with Crippen molar-refractivity contribution in [2.45, 2.75) is 0 Å². The van der Waals surface area contributed by atoms with E-state index in [1.165, 1.54) is 4.90 Å². The Morgan fingerprint density at radius 2 is 2.06 bits per heavy atom. The Balaban J connectivity index is 2.67. The number of nitrogen functional groups attached to an aromatic ring is 1. The number of hydrogen-bond donors (Lipinski definition) is 3. The molecule has 1 amide bonds. The average Bonchev–Trinajstić information content (AvgIpc) is 2.24. The topological polar surface area (TPSA) is 96.2 Å². The van der Waals surface area contributed by atoms with Gasteiger partial charge < -0.3 is 21.3 Å². The van der Waals surface area contributed by atoms with Crippen LogP contribution in [0.2, 0.25) is 0 Å². The third-order valence-electron chi connectivity index (χ3n) is 1.92. The minimum atomic E-state index is -0.0387. The third-order valence-corrected chi connectivity index (χ3v) is 1.92. The summed E-state index contributed by atoms with van der Waals surface area (Å²) in [6.45, 7) is 0.173. The molecule has 0 saturated heterocycles. The first-order valence-corrected chi connectivity index (χ1v) is 4.79. The monoisotopic (exact) mass is 224 g/mol. The zero-order chi connectivity index (χ0) is 12.1. The van der Waals surface area contributed by atoms with Gasteiger partial charge in [-0.2, -0.15) is 9.97 Å². The number of nitrogens with two attached hydrogens (primary N) is 1. The van der Waals surface area contributed by atoms with E-state index in [9.17, 15) is 4.79 Å². The fourth-order valence-electron chi connectivity index (χ4n) is 1.01. The van der Waals surface area contributed by atoms with Crippen LogP contribution in [0.1, 0.15) is 0 Å². The predicted molar refractivity (Wildman–Crippen MR) is 63.2 cm³/mol. The van der Waals surface area contributed by atoms with Crippen molar-refractivity contribution in [2.75, 3.05) is 44.1 Å². The van der Waals surface area contributed by atoms with Gasteiger partial charge in [-0.25, -0.2) is 0 Å². The molecule has 0 aromatic carbocycles. The van der Waals surface area contributed by atoms with Crippen LogP contribution in [0.3, 0.4) is 0 Å². The van der Waals surface area contributed by atoms with Crippen molar-refractivity contribution in [1.29, 1.82) is 0 Å². The quantitative estimate of drug-likeness (QED) is 0.644. The summed E-state index contributed by atoms with van der Waals surface area (Å²) in [5, 5.41) is 5.73. The molecule has 7 heteroatoms. The molecule has 4 N–H and O–H groups in total. The molecule has 1 heterocycles. The normalized spacial score (nSPS) is 9.69. The summed E-state index contributed by atoms with van der Waals surface area (Å²) in [4.78, 5) is 20.7. The molecule has 0 radical (unpaired) electrons. The lowest BCUT2D eigenvalue weighted by Gasteiger charge is -2.11. The second-order valence-corrected chi connectivity index (χ2v) is 3.39. The average molecular weight is 224 g/mol. The summed E-state index contributed by atoms with van der Waals surface area (Å²) in [6, 6.07) is 1.68. The maximum Gasteiger partial charge on any atom is 0.241 e. The van der Waals surface area contributed by atoms with E-state index in [0.717, 1.165) is 0 Å². The first-order chi connectivity index (χ1) is 7.52. The van der Waals surface area contributed by atoms with Crippen LogP contribution in [0, 0.1) is 0 Å². The number of likely N-dealkylation sites (N-methyl/N-ethyl adjacent to an activating group) is 1. The van der Waals surface area contributed by atoms with Crippen LogP contribution < -0.4 is 16.4 Å². The van der Waals surface area contributed by atoms with Crippen molar-refractivity contribution >= 4 is 23.5 Å². The molecule has 1 rings (SSSR count). The van der Waals surface area contributed by atoms with Gasteiger partial charge in [-0.1, -0.05) is 0 Å². The fraction of sp³-hybridized carbons (Fsp3) is 0.444. The number of aromatic nitrogens is 2. The molecule has 0 atom stereocenters. The smallest absolute Gasteiger partial charge is 0.241 e. The van der Waals surface area contributed by atoms with E-state index >= 15 is 0 Å². The summed E-state index contributed by atoms with van der Waals surface area (Å²) >= 11 is 0. The Kier molecular flexibility index (Phi) is 3.87. The number of amides is 1. The highest BCUT2D eigenvalue weighted by Crippen LogP contribution is 2.11. The molecule has 0 saturated carbocycles. The zero-order valence-electron chi connectivity index (χ0n) is 9.61. The Labute approximate surface area is 94.1 Å². The van der Waals surface area contributed by atoms with Crippen LogP contribution in [0.4, 0.5) is 17.6 Å². The molecule has 7 nitrogen and oxygen atoms in total. The lowest BCUT2D eigenvalue weighted by atomic mass is 10.4. The molecule has 0 bridgehead atoms. The second kappa shape index (κ2) is 5.15. The van der Waals surface area contributed by atoms with Crippen molar-refractivity contribution in [3.8, 4) is 0 Å². The summed E-state index contributed by atoms with van der Waals surface area (Å²) in [5.41, 5.74) is 5.50. The molecule has 0 aliphatic heterocycles. The zero-order valence-corrected chi connectivity index (χ0v) is 9.61. The molecule has 0 aliphatic rings. The maximum absolute atomic E-state index is 11.3. The van der Waals surface area contributed by atoms with E-state index < -0.39 is 0 Å². The third kappa shape index (κ3) is 3.26. The molecule has 0 unspecified atom stereocenters. The van der Waals surface area contributed by atoms with Gasteiger partial charge in [0.2, 0.25) is 11.9 Å². The summed E-state index contributed by atoms with van der Waals surface area (Å²) < 4.78 is 0. The van der Waals surface area contributed by atoms with Gasteiger partial charge in [0.05, 0.1) is 6.54 Å². The van der Waals surface area contributed by atoms with Crippen LogP contribution in [0.15, 0.2) is 6.07 Å². The molecular formula is C9H16N6O. The van der Waals surface area contributed by atoms with Gasteiger partial charge in [-0.3, -0.25) is 4.79 Å². The van der Waals surface area contributed by atoms with Crippen molar-refractivity contribution in [1.82, 2.24) is 14.9 Å². The van der Waals surface area contributed by atoms with Crippen LogP contribution in [-0.2, 0) is 4.79 Å². The largest absolute Gasteiger partial charge is 0.373 e. The van der Waals surface area contributed by atoms with Crippen LogP contribution in [0.5, 0.6) is 0 Å². The van der Waals surface area contributed by atoms with E-state index in [4.69, 9.17) is 5.73 Å². The van der Waals surface area contributed by atoms with Gasteiger partial charge in [0.1, 0.15) is 11.6 Å². The number of hydrogen-bond acceptors (Lipinski definition) is 6. The molecular weight excluding hydrogens is 208 g/mol. The lowest BCUT2D eigenvalue weighted by molar-refractivity contribution is -0.126. The Bertz CT molecular complexity index is 378. The number of carbonyl (C=O) groups is 1. The van der Waals surface area contributed by atoms with Crippen molar-refractivity contribution < 1.29 is 4.79 Å². The number of rotatable bonds is 4. The van der Waals surface area contributed by atoms with Crippen LogP contribution in [0.25, 0.3) is 0 Å². The first-order valence-electron chi connectivity index (χ1n) is 4.79. The molecule has 1 aromatic heterocycles. The van der Waals surface area contributed by atoms with Crippen molar-refractivity contribution in [3.05, 3.63) is 6.07 Å². The molecule has 1 aromatic rings. The highest BCUT2D eigenvalue weighted by Gasteiger charge is 2.05. The summed E-state index contributed by atoms with van der Waals surface area (Å²) in [7, 11) is 5.12. The number of anilines is 3. The SMILES string of the molecule is CNc1cc(NCC(=O)N(C)C)nc(N)n1. The van der Waals surface area contributed by atoms with E-state index in [-0.39, 0.29) is 18.4 Å². The highest BCUT2D eigenvalue weighted by molar-refractivity contribution is 5.80. The predicted octanol–water partition coefficient (Wildman–Crippen LogP) is -0.399. The van der Waals surface area contributed by atoms with Crippen LogP contribution >= 0.6 is 0 Å². The van der Waals surface area contributed by atoms with Gasteiger partial charge in [0.25, 0.3) is 0 Å². The van der Waals surface area contributed by atoms with E-state index in [1.54, 1.807) is 27.2 Å². The van der Waals surface area contributed by atoms with Crippen LogP contribution in [-0.4, -0.2) is 48.5 Å². The second-order valence-electron chi connectivity index (χ2n) is 3.39. The molecule has 16 heavy (non-hydrogen) atoms. The van der Waals surface area contributed by atoms with E-state index in [0.29, 0.717) is 11.6 Å². The maximum atomic E-state index is 11.3.